The average molecular weight is 1150 g/mol. The Morgan fingerprint density at radius 1 is 0.167 bits per heavy atom. The molecule has 0 saturated heterocycles. The van der Waals surface area contributed by atoms with Crippen molar-refractivity contribution in [2.24, 2.45) is 0 Å². The zero-order valence-electron chi connectivity index (χ0n) is 48.5. The van der Waals surface area contributed by atoms with Crippen LogP contribution in [-0.2, 0) is 0 Å². The van der Waals surface area contributed by atoms with E-state index in [9.17, 15) is 0 Å². The van der Waals surface area contributed by atoms with Crippen LogP contribution < -0.4 is 9.80 Å². The Labute approximate surface area is 517 Å². The number of para-hydroxylation sites is 6. The van der Waals surface area contributed by atoms with Gasteiger partial charge in [0.05, 0.1) is 0 Å². The second kappa shape index (κ2) is 20.8. The zero-order chi connectivity index (χ0) is 59.2. The molecule has 0 aliphatic rings. The van der Waals surface area contributed by atoms with Gasteiger partial charge < -0.3 is 27.5 Å². The van der Waals surface area contributed by atoms with Crippen molar-refractivity contribution in [3.05, 3.63) is 315 Å². The van der Waals surface area contributed by atoms with Gasteiger partial charge in [0.25, 0.3) is 0 Å². The van der Waals surface area contributed by atoms with Gasteiger partial charge in [-0.25, -0.2) is 0 Å². The maximum Gasteiger partial charge on any atom is 0.143 e. The first-order valence-corrected chi connectivity index (χ1v) is 30.4. The van der Waals surface area contributed by atoms with Crippen LogP contribution in [0.25, 0.3) is 143 Å². The van der Waals surface area contributed by atoms with Crippen LogP contribution in [0.15, 0.2) is 333 Å². The number of nitrogens with zero attached hydrogens (tertiary/aromatic N) is 2. The van der Waals surface area contributed by atoms with E-state index in [0.717, 1.165) is 178 Å². The molecule has 0 unspecified atom stereocenters. The lowest BCUT2D eigenvalue weighted by atomic mass is 10.0. The van der Waals surface area contributed by atoms with Gasteiger partial charge in [-0.1, -0.05) is 194 Å². The van der Waals surface area contributed by atoms with Gasteiger partial charge in [-0.2, -0.15) is 0 Å². The van der Waals surface area contributed by atoms with Crippen LogP contribution in [0.3, 0.4) is 0 Å². The monoisotopic (exact) mass is 1150 g/mol. The number of hydrogen-bond donors (Lipinski definition) is 0. The number of rotatable bonds is 11. The quantitative estimate of drug-likeness (QED) is 0.129. The van der Waals surface area contributed by atoms with Crippen LogP contribution in [0.1, 0.15) is 0 Å². The van der Waals surface area contributed by atoms with E-state index in [1.807, 2.05) is 48.5 Å². The van der Waals surface area contributed by atoms with E-state index in [0.29, 0.717) is 0 Å². The molecule has 18 aromatic rings. The molecule has 0 spiro atoms. The molecule has 0 saturated carbocycles. The van der Waals surface area contributed by atoms with Crippen molar-refractivity contribution in [3.63, 3.8) is 0 Å². The predicted octanol–water partition coefficient (Wildman–Crippen LogP) is 24.6. The molecule has 14 aromatic carbocycles. The van der Waals surface area contributed by atoms with Crippen LogP contribution in [0, 0.1) is 0 Å². The Morgan fingerprint density at radius 2 is 0.411 bits per heavy atom. The van der Waals surface area contributed by atoms with Crippen molar-refractivity contribution >= 4 is 122 Å². The van der Waals surface area contributed by atoms with E-state index in [4.69, 9.17) is 17.7 Å². The fraction of sp³-hybridized carbons (Fsp3) is 0. The van der Waals surface area contributed by atoms with Gasteiger partial charge in [-0.3, -0.25) is 0 Å². The Kier molecular flexibility index (Phi) is 11.8. The summed E-state index contributed by atoms with van der Waals surface area (Å²) in [5.41, 5.74) is 24.2. The van der Waals surface area contributed by atoms with Gasteiger partial charge in [0.2, 0.25) is 0 Å². The summed E-state index contributed by atoms with van der Waals surface area (Å²) in [6.45, 7) is 0. The van der Waals surface area contributed by atoms with Crippen LogP contribution in [0.4, 0.5) is 34.1 Å². The van der Waals surface area contributed by atoms with E-state index in [1.165, 1.54) is 0 Å². The molecule has 0 aliphatic heterocycles. The lowest BCUT2D eigenvalue weighted by molar-refractivity contribution is 0.668. The molecule has 422 valence electrons. The van der Waals surface area contributed by atoms with Gasteiger partial charge in [-0.15, -0.1) is 0 Å². The molecule has 6 heteroatoms. The summed E-state index contributed by atoms with van der Waals surface area (Å²) >= 11 is 0. The smallest absolute Gasteiger partial charge is 0.143 e. The molecule has 0 bridgehead atoms. The molecule has 18 rings (SSSR count). The minimum atomic E-state index is 0.879. The van der Waals surface area contributed by atoms with Crippen molar-refractivity contribution in [3.8, 4) is 55.6 Å². The van der Waals surface area contributed by atoms with Gasteiger partial charge in [0.1, 0.15) is 44.7 Å². The minimum Gasteiger partial charge on any atom is -0.456 e. The maximum atomic E-state index is 6.49. The van der Waals surface area contributed by atoms with E-state index in [2.05, 4.69) is 277 Å². The van der Waals surface area contributed by atoms with Crippen molar-refractivity contribution < 1.29 is 17.7 Å². The predicted molar refractivity (Wildman–Crippen MR) is 372 cm³/mol. The van der Waals surface area contributed by atoms with Crippen LogP contribution in [0.5, 0.6) is 0 Å². The molecule has 4 heterocycles. The van der Waals surface area contributed by atoms with Gasteiger partial charge in [0.15, 0.2) is 0 Å². The number of fused-ring (bicyclic) bond motifs is 12. The normalized spacial score (nSPS) is 11.8. The lowest BCUT2D eigenvalue weighted by Gasteiger charge is -2.27. The molecular formula is C84H52N2O4. The van der Waals surface area contributed by atoms with Crippen LogP contribution in [0.2, 0.25) is 0 Å². The summed E-state index contributed by atoms with van der Waals surface area (Å²) in [6, 6.07) is 112. The largest absolute Gasteiger partial charge is 0.456 e. The molecule has 4 aromatic heterocycles. The minimum absolute atomic E-state index is 0.879. The lowest BCUT2D eigenvalue weighted by Crippen LogP contribution is -2.10. The Balaban J connectivity index is 0.682. The summed E-state index contributed by atoms with van der Waals surface area (Å²) in [5, 5.41) is 8.94. The molecule has 0 amide bonds. The van der Waals surface area contributed by atoms with Gasteiger partial charge >= 0.3 is 0 Å². The van der Waals surface area contributed by atoms with E-state index < -0.39 is 0 Å². The van der Waals surface area contributed by atoms with Gasteiger partial charge in [0, 0.05) is 88.3 Å². The number of furan rings is 4. The topological polar surface area (TPSA) is 59.0 Å². The van der Waals surface area contributed by atoms with E-state index in [-0.39, 0.29) is 0 Å². The standard InChI is InChI=1S/C84H52N2O4/c1-5-19-77-69(11-1)73-49-35-59(51-81(73)87-77)55-27-41-63(42-28-55)85(65-45-31-57(32-46-65)67-15-9-17-75-71-13-3-7-21-79(71)89-83(67)75)61-37-23-53(24-38-61)54-25-39-62(40-26-54)86(64-43-29-56(30-44-64)60-36-50-74-70-12-2-6-20-78(70)88-82(74)52-60)66-47-33-58(34-48-66)68-16-10-18-76-72-14-4-8-22-80(72)90-84(68)76/h1-52H. The average Bonchev–Trinajstić information content (AvgIpc) is 4.07. The van der Waals surface area contributed by atoms with E-state index in [1.54, 1.807) is 0 Å². The third-order valence-corrected chi connectivity index (χ3v) is 17.9. The van der Waals surface area contributed by atoms with Crippen molar-refractivity contribution in [2.75, 3.05) is 9.80 Å². The Morgan fingerprint density at radius 3 is 0.744 bits per heavy atom. The fourth-order valence-electron chi connectivity index (χ4n) is 13.4. The summed E-state index contributed by atoms with van der Waals surface area (Å²) in [4.78, 5) is 4.65. The Bertz CT molecular complexity index is 5390. The second-order valence-corrected chi connectivity index (χ2v) is 23.1. The maximum absolute atomic E-state index is 6.49. The van der Waals surface area contributed by atoms with Crippen LogP contribution in [-0.4, -0.2) is 0 Å². The molecular weight excluding hydrogens is 1100 g/mol. The van der Waals surface area contributed by atoms with Crippen molar-refractivity contribution in [1.82, 2.24) is 0 Å². The molecule has 0 atom stereocenters. The highest BCUT2D eigenvalue weighted by molar-refractivity contribution is 6.12. The summed E-state index contributed by atoms with van der Waals surface area (Å²) < 4.78 is 25.6. The van der Waals surface area contributed by atoms with Crippen molar-refractivity contribution in [1.29, 1.82) is 0 Å². The third kappa shape index (κ3) is 8.64. The highest BCUT2D eigenvalue weighted by Crippen LogP contribution is 2.44. The molecule has 90 heavy (non-hydrogen) atoms. The summed E-state index contributed by atoms with van der Waals surface area (Å²) in [5.74, 6) is 0. The first kappa shape index (κ1) is 51.1. The molecule has 0 aliphatic carbocycles. The summed E-state index contributed by atoms with van der Waals surface area (Å²) in [7, 11) is 0. The first-order valence-electron chi connectivity index (χ1n) is 30.4. The summed E-state index contributed by atoms with van der Waals surface area (Å²) in [6.07, 6.45) is 0. The molecule has 0 N–H and O–H groups in total. The highest BCUT2D eigenvalue weighted by Gasteiger charge is 2.20. The molecule has 6 nitrogen and oxygen atoms in total. The Hall–Kier alpha value is -12.1. The SMILES string of the molecule is c1ccc2c(c1)oc1cc(-c3ccc(N(c4ccc(-c5ccc(N(c6ccc(-c7ccc8c(c7)oc7ccccc78)cc6)c6ccc(-c7cccc8c7oc7ccccc78)cc6)cc5)cc4)c4ccc(-c5cccc6c5oc5ccccc56)cc4)cc3)ccc12. The van der Waals surface area contributed by atoms with Gasteiger partial charge in [-0.05, 0) is 166 Å². The number of hydrogen-bond acceptors (Lipinski definition) is 6. The highest BCUT2D eigenvalue weighted by atomic mass is 16.3. The molecule has 0 fully saturated rings. The molecule has 0 radical (unpaired) electrons. The first-order chi connectivity index (χ1) is 44.6. The van der Waals surface area contributed by atoms with E-state index >= 15 is 0 Å². The van der Waals surface area contributed by atoms with Crippen LogP contribution >= 0.6 is 0 Å². The fourth-order valence-corrected chi connectivity index (χ4v) is 13.4. The third-order valence-electron chi connectivity index (χ3n) is 17.9. The van der Waals surface area contributed by atoms with Crippen molar-refractivity contribution in [2.45, 2.75) is 0 Å². The number of anilines is 6. The second-order valence-electron chi connectivity index (χ2n) is 23.1. The zero-order valence-corrected chi connectivity index (χ0v) is 48.5. The number of benzene rings is 14.